The number of rotatable bonds is 1. The summed E-state index contributed by atoms with van der Waals surface area (Å²) in [5, 5.41) is 2.70. The maximum atomic E-state index is 11.5. The van der Waals surface area contributed by atoms with Crippen molar-refractivity contribution in [1.82, 2.24) is 5.32 Å². The van der Waals surface area contributed by atoms with Crippen LogP contribution in [0.2, 0.25) is 0 Å². The predicted octanol–water partition coefficient (Wildman–Crippen LogP) is 2.07. The van der Waals surface area contributed by atoms with Gasteiger partial charge in [0.25, 0.3) is 0 Å². The van der Waals surface area contributed by atoms with Crippen molar-refractivity contribution in [3.8, 4) is 0 Å². The lowest BCUT2D eigenvalue weighted by molar-refractivity contribution is 0.0544. The summed E-state index contributed by atoms with van der Waals surface area (Å²) in [6.45, 7) is 7.47. The summed E-state index contributed by atoms with van der Waals surface area (Å²) in [5.41, 5.74) is 7.31. The molecule has 1 unspecified atom stereocenters. The number of ether oxygens (including phenoxy) is 1. The van der Waals surface area contributed by atoms with Crippen LogP contribution in [0.5, 0.6) is 0 Å². The van der Waals surface area contributed by atoms with Gasteiger partial charge in [-0.2, -0.15) is 0 Å². The van der Waals surface area contributed by atoms with Gasteiger partial charge in [-0.25, -0.2) is 4.79 Å². The highest BCUT2D eigenvalue weighted by Gasteiger charge is 2.19. The van der Waals surface area contributed by atoms with Crippen LogP contribution in [-0.4, -0.2) is 17.7 Å². The Balaban J connectivity index is 2.53. The number of amides is 1. The van der Waals surface area contributed by atoms with Crippen molar-refractivity contribution in [3.05, 3.63) is 23.4 Å². The molecular formula is C12H20N2O2. The highest BCUT2D eigenvalue weighted by atomic mass is 16.6. The van der Waals surface area contributed by atoms with E-state index in [0.29, 0.717) is 6.42 Å². The van der Waals surface area contributed by atoms with Crippen LogP contribution in [0.4, 0.5) is 4.79 Å². The molecule has 0 heterocycles. The minimum atomic E-state index is -0.479. The molecule has 0 aromatic carbocycles. The fraction of sp³-hybridized carbons (Fsp3) is 0.583. The number of nitrogens with one attached hydrogen (secondary N) is 1. The maximum Gasteiger partial charge on any atom is 0.411 e. The maximum absolute atomic E-state index is 11.5. The van der Waals surface area contributed by atoms with Gasteiger partial charge in [0.1, 0.15) is 5.60 Å². The smallest absolute Gasteiger partial charge is 0.411 e. The van der Waals surface area contributed by atoms with E-state index in [0.717, 1.165) is 11.3 Å². The number of allylic oxidation sites excluding steroid dienone is 2. The Bertz CT molecular complexity index is 337. The standard InChI is InChI=1S/C12H20N2O2/c1-8-5-6-9(7-10(8)13)14-11(15)16-12(2,3)4/h5-6,10H,7,13H2,1-4H3,(H,14,15). The lowest BCUT2D eigenvalue weighted by atomic mass is 9.99. The molecule has 1 aliphatic rings. The van der Waals surface area contributed by atoms with Crippen LogP contribution in [0.25, 0.3) is 0 Å². The Kier molecular flexibility index (Phi) is 3.75. The first-order valence-corrected chi connectivity index (χ1v) is 5.41. The first-order valence-electron chi connectivity index (χ1n) is 5.41. The van der Waals surface area contributed by atoms with E-state index in [1.165, 1.54) is 0 Å². The molecule has 0 spiro atoms. The Morgan fingerprint density at radius 1 is 1.50 bits per heavy atom. The summed E-state index contributed by atoms with van der Waals surface area (Å²) in [4.78, 5) is 11.5. The first kappa shape index (κ1) is 12.8. The van der Waals surface area contributed by atoms with E-state index in [-0.39, 0.29) is 6.04 Å². The summed E-state index contributed by atoms with van der Waals surface area (Å²) in [5.74, 6) is 0. The first-order chi connectivity index (χ1) is 7.28. The zero-order valence-electron chi connectivity index (χ0n) is 10.3. The van der Waals surface area contributed by atoms with Gasteiger partial charge < -0.3 is 10.5 Å². The van der Waals surface area contributed by atoms with Gasteiger partial charge in [-0.15, -0.1) is 0 Å². The lowest BCUT2D eigenvalue weighted by Crippen LogP contribution is -2.35. The van der Waals surface area contributed by atoms with Crippen molar-refractivity contribution in [2.24, 2.45) is 5.73 Å². The second-order valence-electron chi connectivity index (χ2n) is 5.04. The number of hydrogen-bond donors (Lipinski definition) is 2. The van der Waals surface area contributed by atoms with Gasteiger partial charge in [0.15, 0.2) is 0 Å². The van der Waals surface area contributed by atoms with Crippen LogP contribution in [-0.2, 0) is 4.74 Å². The molecule has 3 N–H and O–H groups in total. The van der Waals surface area contributed by atoms with Crippen LogP contribution < -0.4 is 11.1 Å². The van der Waals surface area contributed by atoms with Crippen LogP contribution in [0, 0.1) is 0 Å². The number of carbonyl (C=O) groups is 1. The molecule has 0 aromatic heterocycles. The summed E-state index contributed by atoms with van der Waals surface area (Å²) in [6.07, 6.45) is 3.99. The predicted molar refractivity (Wildman–Crippen MR) is 63.8 cm³/mol. The minimum absolute atomic E-state index is 0.0186. The molecule has 0 fully saturated rings. The van der Waals surface area contributed by atoms with Gasteiger partial charge in [-0.3, -0.25) is 5.32 Å². The van der Waals surface area contributed by atoms with E-state index in [9.17, 15) is 4.79 Å². The molecule has 0 aliphatic heterocycles. The number of hydrogen-bond acceptors (Lipinski definition) is 3. The van der Waals surface area contributed by atoms with E-state index in [1.54, 1.807) is 0 Å². The second kappa shape index (κ2) is 4.70. The summed E-state index contributed by atoms with van der Waals surface area (Å²) in [7, 11) is 0. The Hall–Kier alpha value is -1.29. The molecule has 4 nitrogen and oxygen atoms in total. The molecule has 1 rings (SSSR count). The minimum Gasteiger partial charge on any atom is -0.444 e. The highest BCUT2D eigenvalue weighted by molar-refractivity contribution is 5.70. The van der Waals surface area contributed by atoms with Gasteiger partial charge in [0.2, 0.25) is 0 Å². The van der Waals surface area contributed by atoms with Gasteiger partial charge in [-0.1, -0.05) is 11.6 Å². The monoisotopic (exact) mass is 224 g/mol. The van der Waals surface area contributed by atoms with E-state index in [2.05, 4.69) is 5.32 Å². The molecule has 4 heteroatoms. The van der Waals surface area contributed by atoms with Crippen LogP contribution in [0.3, 0.4) is 0 Å². The third-order valence-corrected chi connectivity index (χ3v) is 2.23. The van der Waals surface area contributed by atoms with Crippen molar-refractivity contribution in [1.29, 1.82) is 0 Å². The Labute approximate surface area is 96.5 Å². The normalized spacial score (nSPS) is 20.9. The van der Waals surface area contributed by atoms with E-state index in [4.69, 9.17) is 10.5 Å². The highest BCUT2D eigenvalue weighted by Crippen LogP contribution is 2.15. The number of carbonyl (C=O) groups excluding carboxylic acids is 1. The quantitative estimate of drug-likeness (QED) is 0.716. The molecule has 1 atom stereocenters. The molecular weight excluding hydrogens is 204 g/mol. The summed E-state index contributed by atoms with van der Waals surface area (Å²) >= 11 is 0. The third-order valence-electron chi connectivity index (χ3n) is 2.23. The lowest BCUT2D eigenvalue weighted by Gasteiger charge is -2.23. The van der Waals surface area contributed by atoms with Gasteiger partial charge in [-0.05, 0) is 33.8 Å². The van der Waals surface area contributed by atoms with Gasteiger partial charge >= 0.3 is 6.09 Å². The number of nitrogens with two attached hydrogens (primary N) is 1. The van der Waals surface area contributed by atoms with Crippen molar-refractivity contribution in [3.63, 3.8) is 0 Å². The zero-order chi connectivity index (χ0) is 12.3. The molecule has 0 aromatic rings. The summed E-state index contributed by atoms with van der Waals surface area (Å²) in [6, 6.07) is -0.0186. The van der Waals surface area contributed by atoms with Crippen LogP contribution in [0.1, 0.15) is 34.1 Å². The van der Waals surface area contributed by atoms with Gasteiger partial charge in [0, 0.05) is 18.2 Å². The molecule has 0 radical (unpaired) electrons. The topological polar surface area (TPSA) is 64.3 Å². The van der Waals surface area contributed by atoms with Crippen molar-refractivity contribution in [2.75, 3.05) is 0 Å². The van der Waals surface area contributed by atoms with Crippen LogP contribution >= 0.6 is 0 Å². The second-order valence-corrected chi connectivity index (χ2v) is 5.04. The molecule has 90 valence electrons. The number of alkyl carbamates (subject to hydrolysis) is 1. The third kappa shape index (κ3) is 4.06. The Morgan fingerprint density at radius 3 is 2.62 bits per heavy atom. The van der Waals surface area contributed by atoms with Crippen molar-refractivity contribution in [2.45, 2.75) is 45.8 Å². The zero-order valence-corrected chi connectivity index (χ0v) is 10.3. The van der Waals surface area contributed by atoms with E-state index in [1.807, 2.05) is 39.8 Å². The largest absolute Gasteiger partial charge is 0.444 e. The van der Waals surface area contributed by atoms with E-state index >= 15 is 0 Å². The van der Waals surface area contributed by atoms with Crippen molar-refractivity contribution < 1.29 is 9.53 Å². The fourth-order valence-corrected chi connectivity index (χ4v) is 1.35. The van der Waals surface area contributed by atoms with Crippen LogP contribution in [0.15, 0.2) is 23.4 Å². The van der Waals surface area contributed by atoms with Gasteiger partial charge in [0.05, 0.1) is 0 Å². The van der Waals surface area contributed by atoms with Crippen molar-refractivity contribution >= 4 is 6.09 Å². The molecule has 1 amide bonds. The summed E-state index contributed by atoms with van der Waals surface area (Å²) < 4.78 is 5.15. The average molecular weight is 224 g/mol. The van der Waals surface area contributed by atoms with E-state index < -0.39 is 11.7 Å². The molecule has 0 bridgehead atoms. The average Bonchev–Trinajstić information content (AvgIpc) is 2.08. The molecule has 0 saturated carbocycles. The molecule has 16 heavy (non-hydrogen) atoms. The molecule has 0 saturated heterocycles. The fourth-order valence-electron chi connectivity index (χ4n) is 1.35. The SMILES string of the molecule is CC1=CC=C(NC(=O)OC(C)(C)C)CC1N. The Morgan fingerprint density at radius 2 is 2.12 bits per heavy atom. The molecule has 1 aliphatic carbocycles.